The first-order valence-electron chi connectivity index (χ1n) is 5.14. The second kappa shape index (κ2) is 4.55. The molecule has 0 amide bonds. The SMILES string of the molecule is Cc1nc(C)c(C(C)n2cncc2CCl)s1. The molecule has 0 N–H and O–H groups in total. The molecule has 2 aromatic rings. The van der Waals surface area contributed by atoms with Gasteiger partial charge >= 0.3 is 0 Å². The summed E-state index contributed by atoms with van der Waals surface area (Å²) in [4.78, 5) is 9.87. The van der Waals surface area contributed by atoms with Crippen LogP contribution in [-0.4, -0.2) is 14.5 Å². The molecule has 86 valence electrons. The van der Waals surface area contributed by atoms with Gasteiger partial charge < -0.3 is 4.57 Å². The molecule has 0 radical (unpaired) electrons. The van der Waals surface area contributed by atoms with Gasteiger partial charge in [-0.15, -0.1) is 22.9 Å². The van der Waals surface area contributed by atoms with Crippen molar-refractivity contribution in [2.75, 3.05) is 0 Å². The normalized spacial score (nSPS) is 13.0. The highest BCUT2D eigenvalue weighted by Crippen LogP contribution is 2.28. The van der Waals surface area contributed by atoms with E-state index in [1.54, 1.807) is 11.3 Å². The maximum absolute atomic E-state index is 5.88. The molecule has 5 heteroatoms. The maximum atomic E-state index is 5.88. The first-order chi connectivity index (χ1) is 7.63. The van der Waals surface area contributed by atoms with Crippen molar-refractivity contribution in [2.24, 2.45) is 0 Å². The molecular weight excluding hydrogens is 242 g/mol. The minimum Gasteiger partial charge on any atom is -0.325 e. The van der Waals surface area contributed by atoms with Gasteiger partial charge in [0.25, 0.3) is 0 Å². The highest BCUT2D eigenvalue weighted by Gasteiger charge is 2.16. The summed E-state index contributed by atoms with van der Waals surface area (Å²) in [6.45, 7) is 6.23. The minimum atomic E-state index is 0.252. The summed E-state index contributed by atoms with van der Waals surface area (Å²) in [5, 5.41) is 1.10. The first kappa shape index (κ1) is 11.6. The van der Waals surface area contributed by atoms with Gasteiger partial charge in [-0.05, 0) is 20.8 Å². The zero-order valence-electron chi connectivity index (χ0n) is 9.57. The van der Waals surface area contributed by atoms with Crippen molar-refractivity contribution < 1.29 is 0 Å². The number of nitrogens with zero attached hydrogens (tertiary/aromatic N) is 3. The number of aromatic nitrogens is 3. The summed E-state index contributed by atoms with van der Waals surface area (Å²) >= 11 is 7.61. The van der Waals surface area contributed by atoms with E-state index in [0.29, 0.717) is 5.88 Å². The summed E-state index contributed by atoms with van der Waals surface area (Å²) in [6, 6.07) is 0.252. The lowest BCUT2D eigenvalue weighted by Gasteiger charge is -2.14. The van der Waals surface area contributed by atoms with E-state index in [1.807, 2.05) is 26.4 Å². The van der Waals surface area contributed by atoms with Crippen LogP contribution in [0.4, 0.5) is 0 Å². The van der Waals surface area contributed by atoms with Crippen molar-refractivity contribution in [1.82, 2.24) is 14.5 Å². The van der Waals surface area contributed by atoms with Crippen molar-refractivity contribution in [2.45, 2.75) is 32.7 Å². The van der Waals surface area contributed by atoms with Crippen molar-refractivity contribution in [3.8, 4) is 0 Å². The molecule has 2 heterocycles. The molecule has 0 aromatic carbocycles. The van der Waals surface area contributed by atoms with Gasteiger partial charge in [0, 0.05) is 6.20 Å². The molecule has 0 spiro atoms. The Bertz CT molecular complexity index is 489. The Morgan fingerprint density at radius 3 is 2.81 bits per heavy atom. The van der Waals surface area contributed by atoms with Crippen molar-refractivity contribution in [3.05, 3.63) is 33.8 Å². The minimum absolute atomic E-state index is 0.252. The molecule has 2 rings (SSSR count). The van der Waals surface area contributed by atoms with Crippen molar-refractivity contribution in [3.63, 3.8) is 0 Å². The smallest absolute Gasteiger partial charge is 0.0954 e. The topological polar surface area (TPSA) is 30.7 Å². The second-order valence-corrected chi connectivity index (χ2v) is 5.29. The van der Waals surface area contributed by atoms with Crippen LogP contribution in [0.3, 0.4) is 0 Å². The van der Waals surface area contributed by atoms with Gasteiger partial charge in [-0.2, -0.15) is 0 Å². The summed E-state index contributed by atoms with van der Waals surface area (Å²) in [6.07, 6.45) is 3.64. The van der Waals surface area contributed by atoms with Gasteiger partial charge in [-0.1, -0.05) is 0 Å². The number of rotatable bonds is 3. The second-order valence-electron chi connectivity index (χ2n) is 3.78. The van der Waals surface area contributed by atoms with E-state index in [4.69, 9.17) is 11.6 Å². The number of hydrogen-bond acceptors (Lipinski definition) is 3. The molecule has 0 saturated carbocycles. The predicted octanol–water partition coefficient (Wildman–Crippen LogP) is 3.30. The third kappa shape index (κ3) is 1.99. The largest absolute Gasteiger partial charge is 0.325 e. The number of hydrogen-bond donors (Lipinski definition) is 0. The third-order valence-corrected chi connectivity index (χ3v) is 4.14. The Kier molecular flexibility index (Phi) is 3.30. The summed E-state index contributed by atoms with van der Waals surface area (Å²) in [5.41, 5.74) is 2.14. The van der Waals surface area contributed by atoms with E-state index in [2.05, 4.69) is 21.5 Å². The summed E-state index contributed by atoms with van der Waals surface area (Å²) < 4.78 is 2.10. The lowest BCUT2D eigenvalue weighted by Crippen LogP contribution is -2.08. The molecule has 3 nitrogen and oxygen atoms in total. The molecule has 0 aliphatic carbocycles. The van der Waals surface area contributed by atoms with Crippen LogP contribution < -0.4 is 0 Å². The average molecular weight is 256 g/mol. The number of alkyl halides is 1. The highest BCUT2D eigenvalue weighted by molar-refractivity contribution is 7.11. The molecule has 1 atom stereocenters. The predicted molar refractivity (Wildman–Crippen MR) is 67.2 cm³/mol. The van der Waals surface area contributed by atoms with Crippen LogP contribution >= 0.6 is 22.9 Å². The molecule has 2 aromatic heterocycles. The van der Waals surface area contributed by atoms with Crippen LogP contribution in [0.1, 0.15) is 34.2 Å². The van der Waals surface area contributed by atoms with Gasteiger partial charge in [-0.3, -0.25) is 0 Å². The van der Waals surface area contributed by atoms with E-state index >= 15 is 0 Å². The Morgan fingerprint density at radius 1 is 1.50 bits per heavy atom. The number of thiazole rings is 1. The van der Waals surface area contributed by atoms with Crippen LogP contribution in [0.15, 0.2) is 12.5 Å². The molecule has 0 saturated heterocycles. The fraction of sp³-hybridized carbons (Fsp3) is 0.455. The van der Waals surface area contributed by atoms with Crippen LogP contribution in [-0.2, 0) is 5.88 Å². The summed E-state index contributed by atoms with van der Waals surface area (Å²) in [5.74, 6) is 0.487. The van der Waals surface area contributed by atoms with E-state index in [0.717, 1.165) is 16.4 Å². The fourth-order valence-electron chi connectivity index (χ4n) is 1.85. The van der Waals surface area contributed by atoms with Crippen molar-refractivity contribution >= 4 is 22.9 Å². The lowest BCUT2D eigenvalue weighted by molar-refractivity contribution is 0.625. The molecule has 1 unspecified atom stereocenters. The third-order valence-electron chi connectivity index (χ3n) is 2.62. The van der Waals surface area contributed by atoms with Crippen LogP contribution in [0.2, 0.25) is 0 Å². The number of halogens is 1. The van der Waals surface area contributed by atoms with Crippen LogP contribution in [0.25, 0.3) is 0 Å². The lowest BCUT2D eigenvalue weighted by atomic mass is 10.2. The van der Waals surface area contributed by atoms with Gasteiger partial charge in [-0.25, -0.2) is 9.97 Å². The zero-order valence-corrected chi connectivity index (χ0v) is 11.1. The van der Waals surface area contributed by atoms with Crippen LogP contribution in [0, 0.1) is 13.8 Å². The molecule has 0 fully saturated rings. The van der Waals surface area contributed by atoms with Crippen molar-refractivity contribution in [1.29, 1.82) is 0 Å². The molecular formula is C11H14ClN3S. The van der Waals surface area contributed by atoms with Crippen LogP contribution in [0.5, 0.6) is 0 Å². The maximum Gasteiger partial charge on any atom is 0.0954 e. The Labute approximate surface area is 104 Å². The zero-order chi connectivity index (χ0) is 11.7. The number of imidazole rings is 1. The van der Waals surface area contributed by atoms with Gasteiger partial charge in [0.1, 0.15) is 0 Å². The molecule has 0 aliphatic rings. The fourth-order valence-corrected chi connectivity index (χ4v) is 3.03. The Morgan fingerprint density at radius 2 is 2.25 bits per heavy atom. The van der Waals surface area contributed by atoms with E-state index in [1.165, 1.54) is 4.88 Å². The monoisotopic (exact) mass is 255 g/mol. The van der Waals surface area contributed by atoms with E-state index in [9.17, 15) is 0 Å². The molecule has 0 bridgehead atoms. The highest BCUT2D eigenvalue weighted by atomic mass is 35.5. The number of aryl methyl sites for hydroxylation is 2. The summed E-state index contributed by atoms with van der Waals surface area (Å²) in [7, 11) is 0. The quantitative estimate of drug-likeness (QED) is 0.788. The standard InChI is InChI=1S/C11H14ClN3S/c1-7-11(16-9(3)14-7)8(2)15-6-13-5-10(15)4-12/h5-6,8H,4H2,1-3H3. The average Bonchev–Trinajstić information content (AvgIpc) is 2.83. The van der Waals surface area contributed by atoms with Gasteiger partial charge in [0.05, 0.1) is 39.5 Å². The Hall–Kier alpha value is -0.870. The Balaban J connectivity index is 2.38. The van der Waals surface area contributed by atoms with E-state index in [-0.39, 0.29) is 6.04 Å². The van der Waals surface area contributed by atoms with Gasteiger partial charge in [0.2, 0.25) is 0 Å². The van der Waals surface area contributed by atoms with E-state index < -0.39 is 0 Å². The molecule has 0 aliphatic heterocycles. The van der Waals surface area contributed by atoms with Gasteiger partial charge in [0.15, 0.2) is 0 Å². The first-order valence-corrected chi connectivity index (χ1v) is 6.49. The molecule has 16 heavy (non-hydrogen) atoms.